The van der Waals surface area contributed by atoms with Crippen LogP contribution in [0.2, 0.25) is 0 Å². The topological polar surface area (TPSA) is 25.8 Å². The number of aromatic nitrogens is 2. The Bertz CT molecular complexity index is 958. The molecule has 23 heavy (non-hydrogen) atoms. The normalized spacial score (nSPS) is 10.8. The van der Waals surface area contributed by atoms with Crippen molar-refractivity contribution in [2.45, 2.75) is 6.92 Å². The molecule has 0 saturated carbocycles. The molecule has 0 fully saturated rings. The predicted molar refractivity (Wildman–Crippen MR) is 95.1 cm³/mol. The first-order valence-electron chi connectivity index (χ1n) is 7.71. The fourth-order valence-electron chi connectivity index (χ4n) is 2.84. The highest BCUT2D eigenvalue weighted by Gasteiger charge is 2.11. The Morgan fingerprint density at radius 3 is 1.57 bits per heavy atom. The molecule has 2 nitrogen and oxygen atoms in total. The quantitative estimate of drug-likeness (QED) is 0.503. The summed E-state index contributed by atoms with van der Waals surface area (Å²) in [7, 11) is 0. The largest absolute Gasteiger partial charge is 0.149 e. The number of hydrogen-bond donors (Lipinski definition) is 0. The van der Waals surface area contributed by atoms with E-state index in [1.165, 1.54) is 5.56 Å². The number of nitrogens with zero attached hydrogens (tertiary/aromatic N) is 2. The van der Waals surface area contributed by atoms with Gasteiger partial charge in [-0.05, 0) is 6.92 Å². The van der Waals surface area contributed by atoms with Gasteiger partial charge in [0.1, 0.15) is 11.4 Å². The van der Waals surface area contributed by atoms with Crippen LogP contribution in [0.1, 0.15) is 5.56 Å². The lowest BCUT2D eigenvalue weighted by Crippen LogP contribution is -1.94. The second kappa shape index (κ2) is 5.65. The third-order valence-electron chi connectivity index (χ3n) is 4.06. The third kappa shape index (κ3) is 2.49. The molecule has 0 amide bonds. The molecule has 0 N–H and O–H groups in total. The highest BCUT2D eigenvalue weighted by Crippen LogP contribution is 2.31. The summed E-state index contributed by atoms with van der Waals surface area (Å²) < 4.78 is 0. The molecule has 2 heteroatoms. The molecule has 3 aromatic carbocycles. The molecular formula is C21H16N2. The van der Waals surface area contributed by atoms with Crippen molar-refractivity contribution >= 4 is 10.8 Å². The average molecular weight is 296 g/mol. The number of rotatable bonds is 2. The van der Waals surface area contributed by atoms with Crippen molar-refractivity contribution in [3.63, 3.8) is 0 Å². The zero-order valence-electron chi connectivity index (χ0n) is 12.9. The minimum Gasteiger partial charge on any atom is -0.149 e. The van der Waals surface area contributed by atoms with E-state index in [0.29, 0.717) is 0 Å². The van der Waals surface area contributed by atoms with Gasteiger partial charge in [-0.2, -0.15) is 0 Å². The molecule has 0 aliphatic heterocycles. The standard InChI is InChI=1S/C21H16N2/c1-15-11-13-17(14-12-15)21-19-10-6-5-9-18(19)20(22-23-21)16-7-3-2-4-8-16/h2-14H,1H3. The molecule has 4 rings (SSSR count). The maximum Gasteiger partial charge on any atom is 0.101 e. The Kier molecular flexibility index (Phi) is 3.35. The van der Waals surface area contributed by atoms with Crippen LogP contribution in [0.5, 0.6) is 0 Å². The van der Waals surface area contributed by atoms with Crippen LogP contribution in [-0.2, 0) is 0 Å². The van der Waals surface area contributed by atoms with Crippen LogP contribution in [0.4, 0.5) is 0 Å². The van der Waals surface area contributed by atoms with Crippen LogP contribution < -0.4 is 0 Å². The molecule has 4 aromatic rings. The van der Waals surface area contributed by atoms with Crippen molar-refractivity contribution in [2.75, 3.05) is 0 Å². The second-order valence-electron chi connectivity index (χ2n) is 5.67. The summed E-state index contributed by atoms with van der Waals surface area (Å²) in [4.78, 5) is 0. The summed E-state index contributed by atoms with van der Waals surface area (Å²) in [6.07, 6.45) is 0. The lowest BCUT2D eigenvalue weighted by molar-refractivity contribution is 1.06. The fraction of sp³-hybridized carbons (Fsp3) is 0.0476. The van der Waals surface area contributed by atoms with Crippen LogP contribution in [-0.4, -0.2) is 10.2 Å². The fourth-order valence-corrected chi connectivity index (χ4v) is 2.84. The second-order valence-corrected chi connectivity index (χ2v) is 5.67. The van der Waals surface area contributed by atoms with Gasteiger partial charge in [0.25, 0.3) is 0 Å². The molecule has 0 saturated heterocycles. The van der Waals surface area contributed by atoms with Gasteiger partial charge in [-0.3, -0.25) is 0 Å². The molecule has 0 atom stereocenters. The summed E-state index contributed by atoms with van der Waals surface area (Å²) in [5.41, 5.74) is 5.29. The van der Waals surface area contributed by atoms with Gasteiger partial charge in [0.15, 0.2) is 0 Å². The van der Waals surface area contributed by atoms with Crippen molar-refractivity contribution < 1.29 is 0 Å². The maximum absolute atomic E-state index is 4.53. The van der Waals surface area contributed by atoms with Crippen LogP contribution in [0.3, 0.4) is 0 Å². The first kappa shape index (κ1) is 13.6. The van der Waals surface area contributed by atoms with E-state index in [2.05, 4.69) is 77.8 Å². The third-order valence-corrected chi connectivity index (χ3v) is 4.06. The highest BCUT2D eigenvalue weighted by atomic mass is 15.1. The van der Waals surface area contributed by atoms with Gasteiger partial charge in [-0.1, -0.05) is 84.4 Å². The molecule has 1 aromatic heterocycles. The zero-order chi connectivity index (χ0) is 15.6. The molecular weight excluding hydrogens is 280 g/mol. The molecule has 0 aliphatic carbocycles. The van der Waals surface area contributed by atoms with Crippen LogP contribution in [0, 0.1) is 6.92 Å². The molecule has 1 heterocycles. The Morgan fingerprint density at radius 2 is 1.00 bits per heavy atom. The predicted octanol–water partition coefficient (Wildman–Crippen LogP) is 5.27. The van der Waals surface area contributed by atoms with Crippen molar-refractivity contribution in [1.82, 2.24) is 10.2 Å². The van der Waals surface area contributed by atoms with E-state index in [-0.39, 0.29) is 0 Å². The van der Waals surface area contributed by atoms with E-state index in [0.717, 1.165) is 33.3 Å². The van der Waals surface area contributed by atoms with Crippen molar-refractivity contribution in [2.24, 2.45) is 0 Å². The molecule has 0 bridgehead atoms. The van der Waals surface area contributed by atoms with E-state index in [1.54, 1.807) is 0 Å². The Morgan fingerprint density at radius 1 is 0.522 bits per heavy atom. The summed E-state index contributed by atoms with van der Waals surface area (Å²) in [6.45, 7) is 2.09. The van der Waals surface area contributed by atoms with Gasteiger partial charge >= 0.3 is 0 Å². The van der Waals surface area contributed by atoms with E-state index in [1.807, 2.05) is 18.2 Å². The lowest BCUT2D eigenvalue weighted by Gasteiger charge is -2.09. The minimum absolute atomic E-state index is 0.928. The van der Waals surface area contributed by atoms with Gasteiger partial charge < -0.3 is 0 Å². The van der Waals surface area contributed by atoms with Gasteiger partial charge in [-0.25, -0.2) is 0 Å². The first-order valence-corrected chi connectivity index (χ1v) is 7.71. The van der Waals surface area contributed by atoms with E-state index in [4.69, 9.17) is 0 Å². The summed E-state index contributed by atoms with van der Waals surface area (Å²) in [5.74, 6) is 0. The Labute approximate surface area is 135 Å². The van der Waals surface area contributed by atoms with Crippen molar-refractivity contribution in [1.29, 1.82) is 0 Å². The minimum atomic E-state index is 0.928. The van der Waals surface area contributed by atoms with Crippen LogP contribution in [0.25, 0.3) is 33.3 Å². The molecule has 0 spiro atoms. The van der Waals surface area contributed by atoms with Gasteiger partial charge in [0.2, 0.25) is 0 Å². The smallest absolute Gasteiger partial charge is 0.101 e. The Balaban J connectivity index is 1.97. The number of fused-ring (bicyclic) bond motifs is 1. The van der Waals surface area contributed by atoms with Crippen LogP contribution >= 0.6 is 0 Å². The molecule has 110 valence electrons. The average Bonchev–Trinajstić information content (AvgIpc) is 2.62. The van der Waals surface area contributed by atoms with Crippen LogP contribution in [0.15, 0.2) is 78.9 Å². The summed E-state index contributed by atoms with van der Waals surface area (Å²) >= 11 is 0. The maximum atomic E-state index is 4.53. The number of benzene rings is 3. The zero-order valence-corrected chi connectivity index (χ0v) is 12.9. The van der Waals surface area contributed by atoms with E-state index < -0.39 is 0 Å². The van der Waals surface area contributed by atoms with Crippen molar-refractivity contribution in [3.05, 3.63) is 84.4 Å². The van der Waals surface area contributed by atoms with E-state index >= 15 is 0 Å². The first-order chi connectivity index (χ1) is 11.3. The Hall–Kier alpha value is -3.00. The SMILES string of the molecule is Cc1ccc(-c2nnc(-c3ccccc3)c3ccccc23)cc1. The highest BCUT2D eigenvalue weighted by molar-refractivity contribution is 6.01. The lowest BCUT2D eigenvalue weighted by atomic mass is 10.00. The van der Waals surface area contributed by atoms with Gasteiger partial charge in [0.05, 0.1) is 0 Å². The van der Waals surface area contributed by atoms with E-state index in [9.17, 15) is 0 Å². The number of hydrogen-bond acceptors (Lipinski definition) is 2. The van der Waals surface area contributed by atoms with Gasteiger partial charge in [0, 0.05) is 21.9 Å². The molecule has 0 radical (unpaired) electrons. The monoisotopic (exact) mass is 296 g/mol. The summed E-state index contributed by atoms with van der Waals surface area (Å²) in [5, 5.41) is 11.3. The van der Waals surface area contributed by atoms with Crippen molar-refractivity contribution in [3.8, 4) is 22.5 Å². The summed E-state index contributed by atoms with van der Waals surface area (Å²) in [6, 6.07) is 27.0. The van der Waals surface area contributed by atoms with Gasteiger partial charge in [-0.15, -0.1) is 10.2 Å². The molecule has 0 unspecified atom stereocenters. The number of aryl methyl sites for hydroxylation is 1. The molecule has 0 aliphatic rings.